The molecule has 0 atom stereocenters. The molecule has 1 aromatic rings. The van der Waals surface area contributed by atoms with Crippen LogP contribution < -0.4 is 16.6 Å². The summed E-state index contributed by atoms with van der Waals surface area (Å²) in [7, 11) is 1.48. The minimum atomic E-state index is -0.359. The summed E-state index contributed by atoms with van der Waals surface area (Å²) >= 11 is 0. The predicted octanol–water partition coefficient (Wildman–Crippen LogP) is -1.37. The number of hydrogen-bond donors (Lipinski definition) is 1. The first-order valence-electron chi connectivity index (χ1n) is 6.75. The van der Waals surface area contributed by atoms with Crippen LogP contribution in [0.4, 0.5) is 0 Å². The van der Waals surface area contributed by atoms with E-state index in [1.807, 2.05) is 0 Å². The molecule has 7 nitrogen and oxygen atoms in total. The van der Waals surface area contributed by atoms with Gasteiger partial charge in [-0.1, -0.05) is 0 Å². The number of hydrogen-bond acceptors (Lipinski definition) is 5. The van der Waals surface area contributed by atoms with Crippen molar-refractivity contribution in [3.8, 4) is 0 Å². The lowest BCUT2D eigenvalue weighted by molar-refractivity contribution is 0.234. The highest BCUT2D eigenvalue weighted by molar-refractivity contribution is 4.74. The van der Waals surface area contributed by atoms with Crippen LogP contribution in [-0.4, -0.2) is 52.0 Å². The molecule has 1 aromatic heterocycles. The molecular formula is C12H21N5O2. The van der Waals surface area contributed by atoms with Gasteiger partial charge in [-0.25, -0.2) is 9.48 Å². The Balaban J connectivity index is 1.78. The van der Waals surface area contributed by atoms with E-state index in [2.05, 4.69) is 15.3 Å². The molecule has 0 radical (unpaired) electrons. The smallest absolute Gasteiger partial charge is 0.314 e. The number of piperazine rings is 1. The summed E-state index contributed by atoms with van der Waals surface area (Å²) in [5.74, 6) is 0. The molecule has 1 aliphatic rings. The van der Waals surface area contributed by atoms with Crippen molar-refractivity contribution in [2.24, 2.45) is 7.05 Å². The van der Waals surface area contributed by atoms with E-state index in [1.54, 1.807) is 0 Å². The summed E-state index contributed by atoms with van der Waals surface area (Å²) in [5, 5.41) is 7.19. The van der Waals surface area contributed by atoms with Crippen LogP contribution in [0.2, 0.25) is 0 Å². The van der Waals surface area contributed by atoms with Gasteiger partial charge in [0.05, 0.1) is 0 Å². The molecule has 1 aliphatic heterocycles. The Morgan fingerprint density at radius 2 is 1.89 bits per heavy atom. The summed E-state index contributed by atoms with van der Waals surface area (Å²) in [4.78, 5) is 25.4. The van der Waals surface area contributed by atoms with Crippen LogP contribution in [0.25, 0.3) is 0 Å². The highest BCUT2D eigenvalue weighted by Crippen LogP contribution is 1.98. The molecule has 1 N–H and O–H groups in total. The highest BCUT2D eigenvalue weighted by Gasteiger charge is 2.08. The van der Waals surface area contributed by atoms with E-state index in [0.717, 1.165) is 50.1 Å². The van der Waals surface area contributed by atoms with Crippen molar-refractivity contribution in [3.05, 3.63) is 27.0 Å². The summed E-state index contributed by atoms with van der Waals surface area (Å²) in [6.07, 6.45) is 3.13. The minimum absolute atomic E-state index is 0.338. The van der Waals surface area contributed by atoms with Crippen LogP contribution in [-0.2, 0) is 13.6 Å². The van der Waals surface area contributed by atoms with Gasteiger partial charge in [0.2, 0.25) is 0 Å². The first-order valence-corrected chi connectivity index (χ1v) is 6.75. The first-order chi connectivity index (χ1) is 9.18. The van der Waals surface area contributed by atoms with Gasteiger partial charge in [0.15, 0.2) is 0 Å². The zero-order chi connectivity index (χ0) is 13.7. The molecule has 0 spiro atoms. The van der Waals surface area contributed by atoms with Crippen molar-refractivity contribution in [1.29, 1.82) is 0 Å². The topological polar surface area (TPSA) is 72.2 Å². The van der Waals surface area contributed by atoms with Gasteiger partial charge in [-0.15, -0.1) is 0 Å². The fourth-order valence-electron chi connectivity index (χ4n) is 2.21. The molecule has 7 heteroatoms. The summed E-state index contributed by atoms with van der Waals surface area (Å²) in [6.45, 7) is 5.93. The van der Waals surface area contributed by atoms with Crippen molar-refractivity contribution in [1.82, 2.24) is 24.6 Å². The van der Waals surface area contributed by atoms with Crippen LogP contribution >= 0.6 is 0 Å². The first kappa shape index (κ1) is 14.0. The monoisotopic (exact) mass is 267 g/mol. The van der Waals surface area contributed by atoms with Crippen molar-refractivity contribution in [3.63, 3.8) is 0 Å². The minimum Gasteiger partial charge on any atom is -0.314 e. The van der Waals surface area contributed by atoms with Crippen LogP contribution in [0, 0.1) is 0 Å². The highest BCUT2D eigenvalue weighted by atomic mass is 16.2. The second-order valence-corrected chi connectivity index (χ2v) is 4.85. The Kier molecular flexibility index (Phi) is 4.86. The number of rotatable bonds is 5. The number of nitrogens with one attached hydrogen (secondary N) is 1. The molecule has 0 saturated carbocycles. The Hall–Kier alpha value is -1.47. The van der Waals surface area contributed by atoms with Crippen LogP contribution in [0.1, 0.15) is 12.8 Å². The van der Waals surface area contributed by atoms with Crippen molar-refractivity contribution < 1.29 is 0 Å². The van der Waals surface area contributed by atoms with Crippen LogP contribution in [0.3, 0.4) is 0 Å². The van der Waals surface area contributed by atoms with Gasteiger partial charge in [-0.05, 0) is 19.4 Å². The van der Waals surface area contributed by atoms with Gasteiger partial charge in [0.25, 0.3) is 5.56 Å². The van der Waals surface area contributed by atoms with Gasteiger partial charge in [0, 0.05) is 39.8 Å². The molecular weight excluding hydrogens is 246 g/mol. The third-order valence-electron chi connectivity index (χ3n) is 3.45. The summed E-state index contributed by atoms with van der Waals surface area (Å²) in [6, 6.07) is 0. The second-order valence-electron chi connectivity index (χ2n) is 4.85. The fraction of sp³-hybridized carbons (Fsp3) is 0.750. The maximum atomic E-state index is 11.7. The van der Waals surface area contributed by atoms with E-state index in [1.165, 1.54) is 17.9 Å². The fourth-order valence-corrected chi connectivity index (χ4v) is 2.21. The van der Waals surface area contributed by atoms with Crippen LogP contribution in [0.15, 0.2) is 15.8 Å². The van der Waals surface area contributed by atoms with Gasteiger partial charge in [-0.2, -0.15) is 5.10 Å². The molecule has 1 saturated heterocycles. The molecule has 19 heavy (non-hydrogen) atoms. The van der Waals surface area contributed by atoms with Crippen molar-refractivity contribution in [2.75, 3.05) is 32.7 Å². The maximum absolute atomic E-state index is 11.7. The Morgan fingerprint density at radius 1 is 1.21 bits per heavy atom. The summed E-state index contributed by atoms with van der Waals surface area (Å²) in [5.41, 5.74) is -0.697. The van der Waals surface area contributed by atoms with Gasteiger partial charge in [-0.3, -0.25) is 9.36 Å². The third kappa shape index (κ3) is 3.74. The second kappa shape index (κ2) is 6.63. The molecule has 0 amide bonds. The zero-order valence-electron chi connectivity index (χ0n) is 11.3. The SMILES string of the molecule is Cn1c(=O)cnn(CCCCN2CCNCC2)c1=O. The number of unbranched alkanes of at least 4 members (excludes halogenated alkanes) is 1. The average molecular weight is 267 g/mol. The number of nitrogens with zero attached hydrogens (tertiary/aromatic N) is 4. The zero-order valence-corrected chi connectivity index (χ0v) is 11.3. The number of aryl methyl sites for hydroxylation is 1. The number of aromatic nitrogens is 3. The Morgan fingerprint density at radius 3 is 2.63 bits per heavy atom. The molecule has 0 aliphatic carbocycles. The van der Waals surface area contributed by atoms with E-state index < -0.39 is 0 Å². The quantitative estimate of drug-likeness (QED) is 0.666. The van der Waals surface area contributed by atoms with E-state index in [0.29, 0.717) is 6.54 Å². The third-order valence-corrected chi connectivity index (χ3v) is 3.45. The molecule has 0 aromatic carbocycles. The lowest BCUT2D eigenvalue weighted by Gasteiger charge is -2.26. The Bertz CT molecular complexity index is 516. The van der Waals surface area contributed by atoms with Crippen LogP contribution in [0.5, 0.6) is 0 Å². The molecule has 106 valence electrons. The van der Waals surface area contributed by atoms with Gasteiger partial charge in [0.1, 0.15) is 6.20 Å². The Labute approximate surface area is 111 Å². The molecule has 0 bridgehead atoms. The largest absolute Gasteiger partial charge is 0.347 e. The van der Waals surface area contributed by atoms with Gasteiger partial charge < -0.3 is 10.2 Å². The molecule has 2 heterocycles. The molecule has 2 rings (SSSR count). The van der Waals surface area contributed by atoms with E-state index in [9.17, 15) is 9.59 Å². The lowest BCUT2D eigenvalue weighted by Crippen LogP contribution is -2.43. The van der Waals surface area contributed by atoms with Crippen molar-refractivity contribution >= 4 is 0 Å². The normalized spacial score (nSPS) is 16.7. The van der Waals surface area contributed by atoms with E-state index in [4.69, 9.17) is 0 Å². The van der Waals surface area contributed by atoms with Crippen molar-refractivity contribution in [2.45, 2.75) is 19.4 Å². The molecule has 1 fully saturated rings. The molecule has 0 unspecified atom stereocenters. The average Bonchev–Trinajstić information content (AvgIpc) is 2.44. The maximum Gasteiger partial charge on any atom is 0.347 e. The van der Waals surface area contributed by atoms with Gasteiger partial charge >= 0.3 is 5.69 Å². The standard InChI is InChI=1S/C12H21N5O2/c1-15-11(18)10-14-17(12(15)19)7-3-2-6-16-8-4-13-5-9-16/h10,13H,2-9H2,1H3. The van der Waals surface area contributed by atoms with E-state index in [-0.39, 0.29) is 11.2 Å². The predicted molar refractivity (Wildman–Crippen MR) is 72.3 cm³/mol. The summed E-state index contributed by atoms with van der Waals surface area (Å²) < 4.78 is 2.45. The van der Waals surface area contributed by atoms with E-state index >= 15 is 0 Å². The lowest BCUT2D eigenvalue weighted by atomic mass is 10.2.